The van der Waals surface area contributed by atoms with Crippen molar-refractivity contribution in [2.24, 2.45) is 39.9 Å². The second kappa shape index (κ2) is 6.40. The van der Waals surface area contributed by atoms with Crippen LogP contribution in [0.2, 0.25) is 0 Å². The predicted octanol–water partition coefficient (Wildman–Crippen LogP) is 4.74. The molecular formula is C24H36O4. The van der Waals surface area contributed by atoms with Crippen molar-refractivity contribution in [2.45, 2.75) is 92.1 Å². The summed E-state index contributed by atoms with van der Waals surface area (Å²) in [5.41, 5.74) is -0.219. The smallest absolute Gasteiger partial charge is 0.302 e. The van der Waals surface area contributed by atoms with Gasteiger partial charge in [0.05, 0.1) is 0 Å². The molecule has 156 valence electrons. The largest absolute Gasteiger partial charge is 0.463 e. The Morgan fingerprint density at radius 1 is 0.964 bits per heavy atom. The number of rotatable bonds is 2. The lowest BCUT2D eigenvalue weighted by Crippen LogP contribution is -2.60. The molecule has 4 nitrogen and oxygen atoms in total. The fourth-order valence-electron chi connectivity index (χ4n) is 8.28. The highest BCUT2D eigenvalue weighted by atomic mass is 16.5. The van der Waals surface area contributed by atoms with E-state index in [2.05, 4.69) is 20.8 Å². The molecule has 0 radical (unpaired) electrons. The Morgan fingerprint density at radius 3 is 2.32 bits per heavy atom. The Morgan fingerprint density at radius 2 is 1.68 bits per heavy atom. The number of Topliss-reactive ketones (excluding diaryl/α,β-unsaturated/α-hetero) is 2. The third-order valence-electron chi connectivity index (χ3n) is 10.0. The van der Waals surface area contributed by atoms with Crippen molar-refractivity contribution in [3.05, 3.63) is 0 Å². The average Bonchev–Trinajstić information content (AvgIpc) is 2.95. The van der Waals surface area contributed by atoms with E-state index in [4.69, 9.17) is 4.74 Å². The standard InChI is InChI=1S/C24H36O4/c1-14(25)18-6-7-19-17-9-10-22(3)13-16(28-15(2)26)8-11-23(22,4)20(17)12-21(27)24(18,19)5/h16-20H,6-13H2,1-5H3. The summed E-state index contributed by atoms with van der Waals surface area (Å²) < 4.78 is 5.59. The van der Waals surface area contributed by atoms with Crippen LogP contribution in [-0.2, 0) is 19.1 Å². The number of hydrogen-bond acceptors (Lipinski definition) is 4. The minimum Gasteiger partial charge on any atom is -0.463 e. The Balaban J connectivity index is 1.64. The van der Waals surface area contributed by atoms with Gasteiger partial charge in [-0.2, -0.15) is 0 Å². The quantitative estimate of drug-likeness (QED) is 0.641. The van der Waals surface area contributed by atoms with Gasteiger partial charge in [0.25, 0.3) is 0 Å². The molecule has 4 rings (SSSR count). The number of esters is 1. The summed E-state index contributed by atoms with van der Waals surface area (Å²) in [6.07, 6.45) is 7.67. The van der Waals surface area contributed by atoms with Crippen LogP contribution < -0.4 is 0 Å². The van der Waals surface area contributed by atoms with Crippen LogP contribution >= 0.6 is 0 Å². The highest BCUT2D eigenvalue weighted by Gasteiger charge is 2.66. The van der Waals surface area contributed by atoms with E-state index in [-0.39, 0.29) is 34.6 Å². The molecule has 28 heavy (non-hydrogen) atoms. The maximum Gasteiger partial charge on any atom is 0.302 e. The second-order valence-electron chi connectivity index (χ2n) is 11.0. The predicted molar refractivity (Wildman–Crippen MR) is 106 cm³/mol. The molecule has 0 heterocycles. The van der Waals surface area contributed by atoms with Gasteiger partial charge in [0.15, 0.2) is 0 Å². The Bertz CT molecular complexity index is 713. The van der Waals surface area contributed by atoms with Crippen LogP contribution in [0.1, 0.15) is 86.0 Å². The van der Waals surface area contributed by atoms with Crippen LogP contribution in [-0.4, -0.2) is 23.6 Å². The van der Waals surface area contributed by atoms with Crippen LogP contribution in [0.5, 0.6) is 0 Å². The molecule has 0 saturated heterocycles. The van der Waals surface area contributed by atoms with Gasteiger partial charge in [0.1, 0.15) is 17.7 Å². The Hall–Kier alpha value is -1.19. The molecule has 0 aromatic heterocycles. The van der Waals surface area contributed by atoms with Gasteiger partial charge < -0.3 is 4.74 Å². The zero-order chi connectivity index (χ0) is 20.5. The average molecular weight is 389 g/mol. The summed E-state index contributed by atoms with van der Waals surface area (Å²) in [6, 6.07) is 0. The van der Waals surface area contributed by atoms with Gasteiger partial charge in [0, 0.05) is 24.7 Å². The van der Waals surface area contributed by atoms with Gasteiger partial charge in [-0.3, -0.25) is 14.4 Å². The van der Waals surface area contributed by atoms with Crippen LogP contribution in [0.3, 0.4) is 0 Å². The first kappa shape index (κ1) is 20.1. The SMILES string of the molecule is CC(=O)OC1CCC2(C)C3CC(=O)C4(C)C(C(C)=O)CCC4C3CCC2(C)C1. The molecule has 0 bridgehead atoms. The minimum absolute atomic E-state index is 0.0188. The lowest BCUT2D eigenvalue weighted by atomic mass is 9.40. The summed E-state index contributed by atoms with van der Waals surface area (Å²) in [4.78, 5) is 37.2. The molecule has 8 unspecified atom stereocenters. The number of carbonyl (C=O) groups excluding carboxylic acids is 3. The number of carbonyl (C=O) groups is 3. The first-order valence-corrected chi connectivity index (χ1v) is 11.2. The van der Waals surface area contributed by atoms with E-state index < -0.39 is 5.41 Å². The monoisotopic (exact) mass is 388 g/mol. The van der Waals surface area contributed by atoms with Crippen molar-refractivity contribution in [1.29, 1.82) is 0 Å². The van der Waals surface area contributed by atoms with Gasteiger partial charge in [-0.25, -0.2) is 0 Å². The Labute approximate surface area is 169 Å². The summed E-state index contributed by atoms with van der Waals surface area (Å²) in [5.74, 6) is 1.59. The van der Waals surface area contributed by atoms with Crippen molar-refractivity contribution < 1.29 is 19.1 Å². The number of ketones is 2. The minimum atomic E-state index is -0.438. The molecule has 0 aliphatic heterocycles. The Kier molecular flexibility index (Phi) is 4.60. The maximum absolute atomic E-state index is 13.5. The normalized spacial score (nSPS) is 50.3. The van der Waals surface area contributed by atoms with E-state index in [1.807, 2.05) is 0 Å². The highest BCUT2D eigenvalue weighted by Crippen LogP contribution is 2.70. The molecule has 4 fully saturated rings. The van der Waals surface area contributed by atoms with Gasteiger partial charge in [-0.05, 0) is 80.5 Å². The van der Waals surface area contributed by atoms with E-state index >= 15 is 0 Å². The van der Waals surface area contributed by atoms with E-state index in [1.54, 1.807) is 6.92 Å². The molecule has 0 aromatic carbocycles. The lowest BCUT2D eigenvalue weighted by molar-refractivity contribution is -0.185. The molecule has 8 atom stereocenters. The maximum atomic E-state index is 13.5. The molecule has 0 amide bonds. The van der Waals surface area contributed by atoms with E-state index in [0.717, 1.165) is 44.9 Å². The molecule has 0 N–H and O–H groups in total. The topological polar surface area (TPSA) is 60.4 Å². The summed E-state index contributed by atoms with van der Waals surface area (Å²) >= 11 is 0. The van der Waals surface area contributed by atoms with E-state index in [9.17, 15) is 14.4 Å². The number of ether oxygens (including phenoxy) is 1. The van der Waals surface area contributed by atoms with Crippen LogP contribution in [0, 0.1) is 39.9 Å². The molecule has 4 heteroatoms. The van der Waals surface area contributed by atoms with Crippen molar-refractivity contribution in [2.75, 3.05) is 0 Å². The molecule has 4 aliphatic rings. The molecular weight excluding hydrogens is 352 g/mol. The van der Waals surface area contributed by atoms with Crippen LogP contribution in [0.25, 0.3) is 0 Å². The molecule has 0 spiro atoms. The van der Waals surface area contributed by atoms with E-state index in [0.29, 0.717) is 30.0 Å². The zero-order valence-corrected chi connectivity index (χ0v) is 18.2. The van der Waals surface area contributed by atoms with Crippen molar-refractivity contribution >= 4 is 17.5 Å². The lowest BCUT2D eigenvalue weighted by Gasteiger charge is -2.64. The van der Waals surface area contributed by atoms with Crippen LogP contribution in [0.4, 0.5) is 0 Å². The fourth-order valence-corrected chi connectivity index (χ4v) is 8.28. The van der Waals surface area contributed by atoms with Crippen LogP contribution in [0.15, 0.2) is 0 Å². The summed E-state index contributed by atoms with van der Waals surface area (Å²) in [6.45, 7) is 10.0. The third kappa shape index (κ3) is 2.58. The van der Waals surface area contributed by atoms with Gasteiger partial charge in [0.2, 0.25) is 0 Å². The second-order valence-corrected chi connectivity index (χ2v) is 11.0. The third-order valence-corrected chi connectivity index (χ3v) is 10.0. The summed E-state index contributed by atoms with van der Waals surface area (Å²) in [5, 5.41) is 0. The molecule has 0 aromatic rings. The first-order chi connectivity index (χ1) is 13.0. The van der Waals surface area contributed by atoms with Gasteiger partial charge in [-0.15, -0.1) is 0 Å². The van der Waals surface area contributed by atoms with Crippen molar-refractivity contribution in [3.8, 4) is 0 Å². The van der Waals surface area contributed by atoms with Crippen molar-refractivity contribution in [3.63, 3.8) is 0 Å². The van der Waals surface area contributed by atoms with Crippen molar-refractivity contribution in [1.82, 2.24) is 0 Å². The highest BCUT2D eigenvalue weighted by molar-refractivity contribution is 5.93. The number of hydrogen-bond donors (Lipinski definition) is 0. The van der Waals surface area contributed by atoms with Gasteiger partial charge in [-0.1, -0.05) is 20.8 Å². The van der Waals surface area contributed by atoms with Gasteiger partial charge >= 0.3 is 5.97 Å². The number of fused-ring (bicyclic) bond motifs is 5. The fraction of sp³-hybridized carbons (Fsp3) is 0.875. The molecule has 4 aliphatic carbocycles. The van der Waals surface area contributed by atoms with E-state index in [1.165, 1.54) is 6.92 Å². The zero-order valence-electron chi connectivity index (χ0n) is 18.2. The molecule has 4 saturated carbocycles. The summed E-state index contributed by atoms with van der Waals surface area (Å²) in [7, 11) is 0. The first-order valence-electron chi connectivity index (χ1n) is 11.2.